The van der Waals surface area contributed by atoms with Crippen LogP contribution in [0.15, 0.2) is 42.5 Å². The molecule has 0 bridgehead atoms. The molecule has 29 heavy (non-hydrogen) atoms. The van der Waals surface area contributed by atoms with Gasteiger partial charge in [0, 0.05) is 5.39 Å². The van der Waals surface area contributed by atoms with Gasteiger partial charge in [-0.2, -0.15) is 0 Å². The van der Waals surface area contributed by atoms with E-state index in [2.05, 4.69) is 25.1 Å². The highest BCUT2D eigenvalue weighted by molar-refractivity contribution is 5.85. The molecule has 1 nitrogen and oxygen atoms in total. The Morgan fingerprint density at radius 1 is 0.931 bits per heavy atom. The zero-order chi connectivity index (χ0) is 20.2. The van der Waals surface area contributed by atoms with E-state index in [4.69, 9.17) is 4.74 Å². The van der Waals surface area contributed by atoms with Crippen LogP contribution in [-0.4, -0.2) is 6.61 Å². The van der Waals surface area contributed by atoms with E-state index in [1.807, 2.05) is 31.2 Å². The molecule has 2 heteroatoms. The van der Waals surface area contributed by atoms with E-state index in [1.165, 1.54) is 38.5 Å². The summed E-state index contributed by atoms with van der Waals surface area (Å²) in [5, 5.41) is 1.67. The van der Waals surface area contributed by atoms with E-state index in [-0.39, 0.29) is 5.82 Å². The average Bonchev–Trinajstić information content (AvgIpc) is 2.75. The van der Waals surface area contributed by atoms with Crippen LogP contribution in [-0.2, 0) is 0 Å². The van der Waals surface area contributed by atoms with Crippen molar-refractivity contribution >= 4 is 10.8 Å². The fourth-order valence-electron chi connectivity index (χ4n) is 5.84. The molecule has 0 amide bonds. The summed E-state index contributed by atoms with van der Waals surface area (Å²) in [5.74, 6) is 3.74. The van der Waals surface area contributed by atoms with Gasteiger partial charge in [0.1, 0.15) is 11.6 Å². The van der Waals surface area contributed by atoms with Gasteiger partial charge in [0.2, 0.25) is 0 Å². The molecule has 0 N–H and O–H groups in total. The number of fused-ring (bicyclic) bond motifs is 1. The number of ether oxygens (including phenoxy) is 1. The van der Waals surface area contributed by atoms with Crippen molar-refractivity contribution in [2.24, 2.45) is 17.8 Å². The zero-order valence-corrected chi connectivity index (χ0v) is 18.0. The first-order valence-corrected chi connectivity index (χ1v) is 11.7. The van der Waals surface area contributed by atoms with E-state index in [1.54, 1.807) is 0 Å². The molecule has 2 aromatic carbocycles. The predicted molar refractivity (Wildman–Crippen MR) is 120 cm³/mol. The third-order valence-corrected chi connectivity index (χ3v) is 7.43. The van der Waals surface area contributed by atoms with Crippen LogP contribution in [0.2, 0.25) is 0 Å². The molecule has 4 rings (SSSR count). The highest BCUT2D eigenvalue weighted by Gasteiger charge is 2.31. The minimum atomic E-state index is -0.0131. The molecule has 2 saturated carbocycles. The Balaban J connectivity index is 1.40. The first-order valence-electron chi connectivity index (χ1n) is 11.7. The van der Waals surface area contributed by atoms with Crippen molar-refractivity contribution in [2.75, 3.05) is 6.61 Å². The molecular weight excluding hydrogens is 359 g/mol. The van der Waals surface area contributed by atoms with E-state index in [9.17, 15) is 0 Å². The van der Waals surface area contributed by atoms with Gasteiger partial charge in [0.05, 0.1) is 6.61 Å². The van der Waals surface area contributed by atoms with Crippen LogP contribution < -0.4 is 4.74 Å². The number of allylic oxidation sites excluding steroid dienone is 2. The van der Waals surface area contributed by atoms with Crippen molar-refractivity contribution in [3.8, 4) is 5.75 Å². The van der Waals surface area contributed by atoms with Gasteiger partial charge >= 0.3 is 0 Å². The number of benzene rings is 2. The van der Waals surface area contributed by atoms with Crippen LogP contribution in [0.5, 0.6) is 5.75 Å². The second-order valence-corrected chi connectivity index (χ2v) is 9.10. The fourth-order valence-corrected chi connectivity index (χ4v) is 5.84. The summed E-state index contributed by atoms with van der Waals surface area (Å²) >= 11 is 0. The van der Waals surface area contributed by atoms with Crippen molar-refractivity contribution in [1.29, 1.82) is 0 Å². The summed E-state index contributed by atoms with van der Waals surface area (Å²) in [7, 11) is 0. The van der Waals surface area contributed by atoms with Gasteiger partial charge in [0.25, 0.3) is 0 Å². The molecule has 0 radical (unpaired) electrons. The lowest BCUT2D eigenvalue weighted by atomic mass is 9.68. The summed E-state index contributed by atoms with van der Waals surface area (Å²) in [6, 6.07) is 9.83. The maximum absolute atomic E-state index is 15.3. The molecule has 2 aromatic rings. The molecule has 2 aliphatic carbocycles. The van der Waals surface area contributed by atoms with Crippen molar-refractivity contribution in [3.63, 3.8) is 0 Å². The molecule has 0 aliphatic heterocycles. The standard InChI is InChI=1S/C27H35FO/c1-3-5-19-6-8-20(9-7-19)21-10-12-22(13-11-21)25-16-14-23-18-24(29-4-2)15-17-26(23)27(25)28/h3,5,14-22H,4,6-13H2,1-2H3/b5-3+. The first-order chi connectivity index (χ1) is 14.2. The Kier molecular flexibility index (Phi) is 6.57. The highest BCUT2D eigenvalue weighted by atomic mass is 19.1. The zero-order valence-electron chi connectivity index (χ0n) is 18.0. The van der Waals surface area contributed by atoms with Gasteiger partial charge in [0.15, 0.2) is 0 Å². The molecule has 0 heterocycles. The van der Waals surface area contributed by atoms with Crippen molar-refractivity contribution in [3.05, 3.63) is 53.9 Å². The molecule has 0 aromatic heterocycles. The molecule has 2 fully saturated rings. The summed E-state index contributed by atoms with van der Waals surface area (Å²) in [6.07, 6.45) is 14.9. The maximum Gasteiger partial charge on any atom is 0.134 e. The molecular formula is C27H35FO. The lowest BCUT2D eigenvalue weighted by Gasteiger charge is -2.37. The van der Waals surface area contributed by atoms with Crippen LogP contribution in [0.3, 0.4) is 0 Å². The first kappa shape index (κ1) is 20.4. The van der Waals surface area contributed by atoms with Crippen molar-refractivity contribution in [2.45, 2.75) is 71.1 Å². The molecule has 156 valence electrons. The monoisotopic (exact) mass is 394 g/mol. The van der Waals surface area contributed by atoms with Crippen LogP contribution in [0.4, 0.5) is 4.39 Å². The lowest BCUT2D eigenvalue weighted by Crippen LogP contribution is -2.25. The van der Waals surface area contributed by atoms with Crippen LogP contribution in [0, 0.1) is 23.6 Å². The Morgan fingerprint density at radius 3 is 2.28 bits per heavy atom. The lowest BCUT2D eigenvalue weighted by molar-refractivity contribution is 0.171. The van der Waals surface area contributed by atoms with Gasteiger partial charge in [-0.05, 0) is 118 Å². The molecule has 0 spiro atoms. The fraction of sp³-hybridized carbons (Fsp3) is 0.556. The van der Waals surface area contributed by atoms with Gasteiger partial charge < -0.3 is 4.74 Å². The Hall–Kier alpha value is -1.83. The predicted octanol–water partition coefficient (Wildman–Crippen LogP) is 8.03. The summed E-state index contributed by atoms with van der Waals surface area (Å²) in [5.41, 5.74) is 0.928. The number of rotatable bonds is 5. The molecule has 0 atom stereocenters. The SMILES string of the molecule is C/C=C/C1CCC(C2CCC(c3ccc4cc(OCC)ccc4c3F)CC2)CC1. The highest BCUT2D eigenvalue weighted by Crippen LogP contribution is 2.45. The third kappa shape index (κ3) is 4.52. The topological polar surface area (TPSA) is 9.23 Å². The third-order valence-electron chi connectivity index (χ3n) is 7.43. The Morgan fingerprint density at radius 2 is 1.62 bits per heavy atom. The Labute approximate surface area is 175 Å². The minimum Gasteiger partial charge on any atom is -0.494 e. The van der Waals surface area contributed by atoms with E-state index in [0.29, 0.717) is 12.5 Å². The molecule has 0 saturated heterocycles. The number of hydrogen-bond acceptors (Lipinski definition) is 1. The van der Waals surface area contributed by atoms with Gasteiger partial charge in [-0.3, -0.25) is 0 Å². The quantitative estimate of drug-likeness (QED) is 0.466. The van der Waals surface area contributed by atoms with Gasteiger partial charge in [-0.25, -0.2) is 4.39 Å². The van der Waals surface area contributed by atoms with Crippen LogP contribution >= 0.6 is 0 Å². The van der Waals surface area contributed by atoms with E-state index < -0.39 is 0 Å². The van der Waals surface area contributed by atoms with E-state index in [0.717, 1.165) is 52.7 Å². The normalized spacial score (nSPS) is 28.1. The summed E-state index contributed by atoms with van der Waals surface area (Å²) in [4.78, 5) is 0. The summed E-state index contributed by atoms with van der Waals surface area (Å²) in [6.45, 7) is 4.74. The maximum atomic E-state index is 15.3. The molecule has 0 unspecified atom stereocenters. The van der Waals surface area contributed by atoms with Crippen LogP contribution in [0.1, 0.15) is 76.7 Å². The summed E-state index contributed by atoms with van der Waals surface area (Å²) < 4.78 is 20.9. The van der Waals surface area contributed by atoms with Crippen LogP contribution in [0.25, 0.3) is 10.8 Å². The number of hydrogen-bond donors (Lipinski definition) is 0. The second kappa shape index (κ2) is 9.32. The van der Waals surface area contributed by atoms with E-state index >= 15 is 4.39 Å². The number of halogens is 1. The smallest absolute Gasteiger partial charge is 0.134 e. The van der Waals surface area contributed by atoms with Crippen molar-refractivity contribution in [1.82, 2.24) is 0 Å². The largest absolute Gasteiger partial charge is 0.494 e. The second-order valence-electron chi connectivity index (χ2n) is 9.10. The molecule has 2 aliphatic rings. The minimum absolute atomic E-state index is 0.0131. The average molecular weight is 395 g/mol. The van der Waals surface area contributed by atoms with Gasteiger partial charge in [-0.1, -0.05) is 24.3 Å². The Bertz CT molecular complexity index is 839. The van der Waals surface area contributed by atoms with Crippen molar-refractivity contribution < 1.29 is 9.13 Å². The van der Waals surface area contributed by atoms with Gasteiger partial charge in [-0.15, -0.1) is 0 Å².